The van der Waals surface area contributed by atoms with Crippen molar-refractivity contribution in [3.05, 3.63) is 41.0 Å². The summed E-state index contributed by atoms with van der Waals surface area (Å²) in [5.74, 6) is -0.991. The third kappa shape index (κ3) is 9.09. The standard InChI is InChI=1S/C29H41BrN4O5S/c1-19-25(40-18-32-19)21-9-7-20(8-10-21)16-31-27(37)23-15-22(35)17-34(23)28(38)26(29(2,3)4)33-24(36)11-14-39-13-6-5-12-30/h7-10,18,22-23,26,35H,5-6,11-17H2,1-4H3,(H,31,37)(H,33,36). The van der Waals surface area contributed by atoms with Gasteiger partial charge in [-0.3, -0.25) is 14.4 Å². The van der Waals surface area contributed by atoms with Gasteiger partial charge in [0, 0.05) is 37.9 Å². The van der Waals surface area contributed by atoms with Crippen LogP contribution >= 0.6 is 27.3 Å². The molecule has 3 atom stereocenters. The molecule has 1 saturated heterocycles. The van der Waals surface area contributed by atoms with Crippen molar-refractivity contribution in [1.29, 1.82) is 0 Å². The van der Waals surface area contributed by atoms with E-state index in [1.165, 1.54) is 4.90 Å². The first kappa shape index (κ1) is 32.2. The van der Waals surface area contributed by atoms with Gasteiger partial charge in [-0.1, -0.05) is 61.0 Å². The topological polar surface area (TPSA) is 121 Å². The van der Waals surface area contributed by atoms with Crippen LogP contribution in [0.2, 0.25) is 0 Å². The van der Waals surface area contributed by atoms with Crippen LogP contribution in [0.15, 0.2) is 29.8 Å². The molecule has 1 aromatic heterocycles. The molecular weight excluding hydrogens is 596 g/mol. The van der Waals surface area contributed by atoms with Crippen LogP contribution in [-0.4, -0.2) is 76.0 Å². The number of nitrogens with one attached hydrogen (secondary N) is 2. The van der Waals surface area contributed by atoms with Crippen molar-refractivity contribution in [1.82, 2.24) is 20.5 Å². The lowest BCUT2D eigenvalue weighted by molar-refractivity contribution is -0.144. The number of benzene rings is 1. The molecule has 1 fully saturated rings. The van der Waals surface area contributed by atoms with Crippen LogP contribution in [0.3, 0.4) is 0 Å². The Hall–Kier alpha value is -2.34. The van der Waals surface area contributed by atoms with Crippen molar-refractivity contribution in [3.8, 4) is 10.4 Å². The molecule has 3 unspecified atom stereocenters. The smallest absolute Gasteiger partial charge is 0.246 e. The molecule has 9 nitrogen and oxygen atoms in total. The maximum absolute atomic E-state index is 13.7. The van der Waals surface area contributed by atoms with E-state index in [9.17, 15) is 19.5 Å². The predicted molar refractivity (Wildman–Crippen MR) is 160 cm³/mol. The van der Waals surface area contributed by atoms with E-state index >= 15 is 0 Å². The summed E-state index contributed by atoms with van der Waals surface area (Å²) >= 11 is 4.96. The van der Waals surface area contributed by atoms with Gasteiger partial charge >= 0.3 is 0 Å². The third-order valence-corrected chi connectivity index (χ3v) is 8.40. The summed E-state index contributed by atoms with van der Waals surface area (Å²) in [5, 5.41) is 17.1. The van der Waals surface area contributed by atoms with Crippen LogP contribution in [-0.2, 0) is 25.7 Å². The number of carbonyl (C=O) groups excluding carboxylic acids is 3. The molecule has 1 aliphatic rings. The number of amides is 3. The average molecular weight is 638 g/mol. The number of aliphatic hydroxyl groups is 1. The van der Waals surface area contributed by atoms with Crippen LogP contribution in [0.5, 0.6) is 0 Å². The summed E-state index contributed by atoms with van der Waals surface area (Å²) in [6.07, 6.45) is 1.39. The number of rotatable bonds is 13. The van der Waals surface area contributed by atoms with E-state index in [0.29, 0.717) is 13.2 Å². The normalized spacial score (nSPS) is 18.0. The molecule has 0 spiro atoms. The number of alkyl halides is 1. The van der Waals surface area contributed by atoms with Gasteiger partial charge in [-0.15, -0.1) is 11.3 Å². The lowest BCUT2D eigenvalue weighted by atomic mass is 9.85. The molecule has 0 radical (unpaired) electrons. The minimum absolute atomic E-state index is 0.0406. The van der Waals surface area contributed by atoms with Gasteiger partial charge in [0.05, 0.1) is 28.8 Å². The number of aryl methyl sites for hydroxylation is 1. The van der Waals surface area contributed by atoms with Crippen LogP contribution < -0.4 is 10.6 Å². The van der Waals surface area contributed by atoms with Crippen molar-refractivity contribution in [2.45, 2.75) is 78.1 Å². The number of β-amino-alcohol motifs (C(OH)–C–C–N with tert-alkyl or cyclic N) is 1. The molecule has 40 heavy (non-hydrogen) atoms. The second-order valence-electron chi connectivity index (χ2n) is 11.2. The van der Waals surface area contributed by atoms with Gasteiger partial charge in [0.25, 0.3) is 0 Å². The number of carbonyl (C=O) groups is 3. The Balaban J connectivity index is 1.59. The van der Waals surface area contributed by atoms with Gasteiger partial charge in [-0.25, -0.2) is 4.98 Å². The summed E-state index contributed by atoms with van der Waals surface area (Å²) in [4.78, 5) is 46.3. The van der Waals surface area contributed by atoms with Gasteiger partial charge in [0.15, 0.2) is 0 Å². The first-order valence-corrected chi connectivity index (χ1v) is 15.7. The fourth-order valence-corrected chi connectivity index (χ4v) is 5.79. The highest BCUT2D eigenvalue weighted by molar-refractivity contribution is 9.09. The molecule has 0 aliphatic carbocycles. The van der Waals surface area contributed by atoms with E-state index < -0.39 is 23.6 Å². The SMILES string of the molecule is Cc1ncsc1-c1ccc(CNC(=O)C2CC(O)CN2C(=O)C(NC(=O)CCOCCCCBr)C(C)(C)C)cc1. The Morgan fingerprint density at radius 2 is 1.93 bits per heavy atom. The van der Waals surface area contributed by atoms with Gasteiger partial charge in [-0.2, -0.15) is 0 Å². The Labute approximate surface area is 249 Å². The molecule has 0 saturated carbocycles. The number of ether oxygens (including phenoxy) is 1. The van der Waals surface area contributed by atoms with E-state index in [4.69, 9.17) is 4.74 Å². The zero-order valence-electron chi connectivity index (χ0n) is 23.7. The lowest BCUT2D eigenvalue weighted by Crippen LogP contribution is -2.57. The average Bonchev–Trinajstić information content (AvgIpc) is 3.52. The third-order valence-electron chi connectivity index (χ3n) is 6.86. The summed E-state index contributed by atoms with van der Waals surface area (Å²) in [5.41, 5.74) is 4.19. The molecular formula is C29H41BrN4O5S. The van der Waals surface area contributed by atoms with Gasteiger partial charge < -0.3 is 25.4 Å². The first-order valence-electron chi connectivity index (χ1n) is 13.7. The van der Waals surface area contributed by atoms with Crippen LogP contribution in [0.4, 0.5) is 0 Å². The van der Waals surface area contributed by atoms with Gasteiger partial charge in [-0.05, 0) is 36.3 Å². The number of aliphatic hydroxyl groups excluding tert-OH is 1. The molecule has 1 aromatic carbocycles. The highest BCUT2D eigenvalue weighted by Gasteiger charge is 2.44. The molecule has 0 bridgehead atoms. The Morgan fingerprint density at radius 3 is 2.55 bits per heavy atom. The number of halogens is 1. The fraction of sp³-hybridized carbons (Fsp3) is 0.586. The van der Waals surface area contributed by atoms with E-state index in [1.807, 2.05) is 57.5 Å². The Morgan fingerprint density at radius 1 is 1.20 bits per heavy atom. The predicted octanol–water partition coefficient (Wildman–Crippen LogP) is 3.81. The van der Waals surface area contributed by atoms with Crippen LogP contribution in [0.25, 0.3) is 10.4 Å². The van der Waals surface area contributed by atoms with Crippen molar-refractivity contribution >= 4 is 45.0 Å². The van der Waals surface area contributed by atoms with Gasteiger partial charge in [0.1, 0.15) is 12.1 Å². The molecule has 3 rings (SSSR count). The molecule has 1 aliphatic heterocycles. The number of unbranched alkanes of at least 4 members (excludes halogenated alkanes) is 1. The van der Waals surface area contributed by atoms with Crippen LogP contribution in [0, 0.1) is 12.3 Å². The lowest BCUT2D eigenvalue weighted by Gasteiger charge is -2.35. The summed E-state index contributed by atoms with van der Waals surface area (Å²) in [6.45, 7) is 8.77. The first-order chi connectivity index (χ1) is 19.0. The van der Waals surface area contributed by atoms with Crippen molar-refractivity contribution < 1.29 is 24.2 Å². The monoisotopic (exact) mass is 636 g/mol. The van der Waals surface area contributed by atoms with Crippen molar-refractivity contribution in [2.75, 3.05) is 25.1 Å². The summed E-state index contributed by atoms with van der Waals surface area (Å²) in [7, 11) is 0. The second kappa shape index (κ2) is 15.0. The van der Waals surface area contributed by atoms with Gasteiger partial charge in [0.2, 0.25) is 17.7 Å². The second-order valence-corrected chi connectivity index (χ2v) is 12.9. The highest BCUT2D eigenvalue weighted by atomic mass is 79.9. The van der Waals surface area contributed by atoms with Crippen molar-refractivity contribution in [3.63, 3.8) is 0 Å². The minimum Gasteiger partial charge on any atom is -0.391 e. The fourth-order valence-electron chi connectivity index (χ4n) is 4.58. The maximum Gasteiger partial charge on any atom is 0.246 e. The molecule has 2 aromatic rings. The highest BCUT2D eigenvalue weighted by Crippen LogP contribution is 2.28. The zero-order chi connectivity index (χ0) is 29.3. The molecule has 2 heterocycles. The zero-order valence-corrected chi connectivity index (χ0v) is 26.1. The number of hydrogen-bond acceptors (Lipinski definition) is 7. The van der Waals surface area contributed by atoms with E-state index in [0.717, 1.165) is 39.9 Å². The molecule has 3 N–H and O–H groups in total. The molecule has 220 valence electrons. The Kier molecular flexibility index (Phi) is 12.1. The number of hydrogen-bond donors (Lipinski definition) is 3. The number of thiazole rings is 1. The maximum atomic E-state index is 13.7. The van der Waals surface area contributed by atoms with E-state index in [2.05, 4.69) is 31.5 Å². The number of nitrogens with zero attached hydrogens (tertiary/aromatic N) is 2. The molecule has 11 heteroatoms. The van der Waals surface area contributed by atoms with Crippen molar-refractivity contribution in [2.24, 2.45) is 5.41 Å². The number of likely N-dealkylation sites (tertiary alicyclic amines) is 1. The minimum atomic E-state index is -0.850. The van der Waals surface area contributed by atoms with E-state index in [1.54, 1.807) is 11.3 Å². The van der Waals surface area contributed by atoms with Crippen LogP contribution in [0.1, 0.15) is 57.7 Å². The summed E-state index contributed by atoms with van der Waals surface area (Å²) < 4.78 is 5.52. The Bertz CT molecular complexity index is 1130. The van der Waals surface area contributed by atoms with E-state index in [-0.39, 0.29) is 43.7 Å². The molecule has 3 amide bonds. The largest absolute Gasteiger partial charge is 0.391 e. The number of aromatic nitrogens is 1. The quantitative estimate of drug-likeness (QED) is 0.227. The summed E-state index contributed by atoms with van der Waals surface area (Å²) in [6, 6.07) is 6.25.